The molecule has 0 aliphatic rings. The van der Waals surface area contributed by atoms with Crippen molar-refractivity contribution < 1.29 is 9.47 Å². The van der Waals surface area contributed by atoms with Gasteiger partial charge in [0, 0.05) is 30.8 Å². The molecule has 4 nitrogen and oxygen atoms in total. The maximum atomic E-state index is 5.93. The molecule has 19 heavy (non-hydrogen) atoms. The number of rotatable bonds is 5. The Morgan fingerprint density at radius 3 is 2.79 bits per heavy atom. The van der Waals surface area contributed by atoms with Gasteiger partial charge in [-0.05, 0) is 38.1 Å². The second-order valence-electron chi connectivity index (χ2n) is 5.11. The molecule has 0 saturated heterocycles. The highest BCUT2D eigenvalue weighted by molar-refractivity contribution is 5.94. The lowest BCUT2D eigenvalue weighted by Crippen LogP contribution is -2.25. The Hall–Kier alpha value is -1.81. The number of benzene rings is 1. The van der Waals surface area contributed by atoms with Gasteiger partial charge in [0.25, 0.3) is 0 Å². The molecule has 4 heteroatoms. The summed E-state index contributed by atoms with van der Waals surface area (Å²) in [7, 11) is 1.71. The van der Waals surface area contributed by atoms with Gasteiger partial charge in [0.15, 0.2) is 0 Å². The van der Waals surface area contributed by atoms with Crippen LogP contribution in [0.4, 0.5) is 5.69 Å². The molecule has 0 unspecified atom stereocenters. The van der Waals surface area contributed by atoms with Gasteiger partial charge in [0.2, 0.25) is 0 Å². The number of fused-ring (bicyclic) bond motifs is 1. The van der Waals surface area contributed by atoms with Crippen LogP contribution in [0.25, 0.3) is 10.9 Å². The van der Waals surface area contributed by atoms with Crippen molar-refractivity contribution in [3.63, 3.8) is 0 Å². The van der Waals surface area contributed by atoms with E-state index < -0.39 is 0 Å². The second kappa shape index (κ2) is 5.45. The van der Waals surface area contributed by atoms with Crippen LogP contribution in [-0.2, 0) is 4.74 Å². The lowest BCUT2D eigenvalue weighted by molar-refractivity contribution is 0.00556. The minimum absolute atomic E-state index is 0.183. The van der Waals surface area contributed by atoms with Gasteiger partial charge < -0.3 is 15.2 Å². The summed E-state index contributed by atoms with van der Waals surface area (Å²) < 4.78 is 11.2. The zero-order valence-electron chi connectivity index (χ0n) is 11.6. The normalized spacial score (nSPS) is 11.7. The van der Waals surface area contributed by atoms with Crippen molar-refractivity contribution in [1.29, 1.82) is 0 Å². The number of nitrogen functional groups attached to an aromatic ring is 1. The third-order valence-corrected chi connectivity index (χ3v) is 3.28. The van der Waals surface area contributed by atoms with Crippen LogP contribution in [0.1, 0.15) is 20.3 Å². The van der Waals surface area contributed by atoms with Gasteiger partial charge in [-0.25, -0.2) is 0 Å². The van der Waals surface area contributed by atoms with Crippen LogP contribution >= 0.6 is 0 Å². The monoisotopic (exact) mass is 260 g/mol. The van der Waals surface area contributed by atoms with E-state index in [4.69, 9.17) is 15.2 Å². The van der Waals surface area contributed by atoms with E-state index in [0.717, 1.165) is 23.1 Å². The van der Waals surface area contributed by atoms with Gasteiger partial charge in [0.1, 0.15) is 11.3 Å². The molecule has 0 aliphatic heterocycles. The fourth-order valence-corrected chi connectivity index (χ4v) is 1.79. The zero-order valence-corrected chi connectivity index (χ0v) is 11.6. The molecular formula is C15H20N2O2. The van der Waals surface area contributed by atoms with Crippen LogP contribution in [-0.4, -0.2) is 24.3 Å². The summed E-state index contributed by atoms with van der Waals surface area (Å²) in [4.78, 5) is 4.34. The molecule has 1 heterocycles. The smallest absolute Gasteiger partial charge is 0.145 e. The summed E-state index contributed by atoms with van der Waals surface area (Å²) in [6, 6.07) is 7.53. The van der Waals surface area contributed by atoms with Crippen molar-refractivity contribution in [3.8, 4) is 5.75 Å². The molecule has 0 fully saturated rings. The van der Waals surface area contributed by atoms with E-state index in [9.17, 15) is 0 Å². The number of hydrogen-bond donors (Lipinski definition) is 1. The first-order valence-electron chi connectivity index (χ1n) is 6.35. The lowest BCUT2D eigenvalue weighted by Gasteiger charge is -2.22. The number of ether oxygens (including phenoxy) is 2. The Labute approximate surface area is 113 Å². The molecule has 2 N–H and O–H groups in total. The maximum absolute atomic E-state index is 5.93. The van der Waals surface area contributed by atoms with E-state index in [1.54, 1.807) is 13.3 Å². The third-order valence-electron chi connectivity index (χ3n) is 3.28. The first kappa shape index (κ1) is 13.6. The average molecular weight is 260 g/mol. The van der Waals surface area contributed by atoms with E-state index >= 15 is 0 Å². The van der Waals surface area contributed by atoms with Crippen LogP contribution in [0.5, 0.6) is 5.75 Å². The molecular weight excluding hydrogens is 240 g/mol. The van der Waals surface area contributed by atoms with Gasteiger partial charge >= 0.3 is 0 Å². The van der Waals surface area contributed by atoms with Gasteiger partial charge in [-0.15, -0.1) is 0 Å². The Morgan fingerprint density at radius 1 is 1.26 bits per heavy atom. The molecule has 0 radical (unpaired) electrons. The number of aromatic nitrogens is 1. The molecule has 102 valence electrons. The Morgan fingerprint density at radius 2 is 2.05 bits per heavy atom. The first-order chi connectivity index (χ1) is 9.03. The van der Waals surface area contributed by atoms with Crippen LogP contribution in [0.3, 0.4) is 0 Å². The average Bonchev–Trinajstić information content (AvgIpc) is 2.42. The highest BCUT2D eigenvalue weighted by atomic mass is 16.5. The van der Waals surface area contributed by atoms with E-state index in [1.165, 1.54) is 0 Å². The predicted molar refractivity (Wildman–Crippen MR) is 77.4 cm³/mol. The molecule has 2 aromatic rings. The lowest BCUT2D eigenvalue weighted by atomic mass is 10.1. The summed E-state index contributed by atoms with van der Waals surface area (Å²) in [6.07, 6.45) is 2.55. The topological polar surface area (TPSA) is 57.4 Å². The van der Waals surface area contributed by atoms with Crippen molar-refractivity contribution >= 4 is 16.6 Å². The summed E-state index contributed by atoms with van der Waals surface area (Å²) >= 11 is 0. The van der Waals surface area contributed by atoms with E-state index in [-0.39, 0.29) is 5.60 Å². The number of hydrogen-bond acceptors (Lipinski definition) is 4. The highest BCUT2D eigenvalue weighted by Crippen LogP contribution is 2.28. The van der Waals surface area contributed by atoms with Crippen LogP contribution in [0, 0.1) is 0 Å². The summed E-state index contributed by atoms with van der Waals surface area (Å²) in [6.45, 7) is 4.65. The Bertz CT molecular complexity index is 567. The molecule has 1 aromatic heterocycles. The van der Waals surface area contributed by atoms with Gasteiger partial charge in [-0.2, -0.15) is 0 Å². The van der Waals surface area contributed by atoms with Crippen molar-refractivity contribution in [1.82, 2.24) is 4.98 Å². The fraction of sp³-hybridized carbons (Fsp3) is 0.400. The van der Waals surface area contributed by atoms with Crippen LogP contribution in [0.15, 0.2) is 30.5 Å². The van der Waals surface area contributed by atoms with Crippen LogP contribution < -0.4 is 10.5 Å². The molecule has 0 bridgehead atoms. The maximum Gasteiger partial charge on any atom is 0.145 e. The van der Waals surface area contributed by atoms with Gasteiger partial charge in [-0.1, -0.05) is 0 Å². The number of methoxy groups -OCH3 is 1. The minimum atomic E-state index is -0.183. The van der Waals surface area contributed by atoms with Crippen molar-refractivity contribution in [2.45, 2.75) is 25.9 Å². The zero-order chi connectivity index (χ0) is 13.9. The van der Waals surface area contributed by atoms with Crippen LogP contribution in [0.2, 0.25) is 0 Å². The molecule has 0 aliphatic carbocycles. The minimum Gasteiger partial charge on any atom is -0.491 e. The summed E-state index contributed by atoms with van der Waals surface area (Å²) in [5, 5.41) is 0.922. The summed E-state index contributed by atoms with van der Waals surface area (Å²) in [5.74, 6) is 0.761. The number of nitrogens with two attached hydrogens (primary N) is 1. The second-order valence-corrected chi connectivity index (χ2v) is 5.11. The molecule has 0 spiro atoms. The molecule has 2 rings (SSSR count). The van der Waals surface area contributed by atoms with Crippen molar-refractivity contribution in [2.75, 3.05) is 19.5 Å². The molecule has 0 atom stereocenters. The summed E-state index contributed by atoms with van der Waals surface area (Å²) in [5.41, 5.74) is 7.26. The fourth-order valence-electron chi connectivity index (χ4n) is 1.79. The quantitative estimate of drug-likeness (QED) is 0.840. The third kappa shape index (κ3) is 3.15. The van der Waals surface area contributed by atoms with E-state index in [0.29, 0.717) is 12.3 Å². The van der Waals surface area contributed by atoms with Gasteiger partial charge in [-0.3, -0.25) is 4.98 Å². The Balaban J connectivity index is 2.16. The number of nitrogens with zero attached hydrogens (tertiary/aromatic N) is 1. The Kier molecular flexibility index (Phi) is 3.90. The predicted octanol–water partition coefficient (Wildman–Crippen LogP) is 3.01. The van der Waals surface area contributed by atoms with E-state index in [2.05, 4.69) is 4.98 Å². The van der Waals surface area contributed by atoms with E-state index in [1.807, 2.05) is 38.1 Å². The molecule has 1 aromatic carbocycles. The first-order valence-corrected chi connectivity index (χ1v) is 6.35. The highest BCUT2D eigenvalue weighted by Gasteiger charge is 2.16. The van der Waals surface area contributed by atoms with Crippen molar-refractivity contribution in [3.05, 3.63) is 30.5 Å². The van der Waals surface area contributed by atoms with Gasteiger partial charge in [0.05, 0.1) is 12.2 Å². The number of pyridine rings is 1. The molecule has 0 saturated carbocycles. The number of anilines is 1. The molecule has 0 amide bonds. The SMILES string of the molecule is COC(C)(C)CCOc1ccc(N)c2cccnc12. The van der Waals surface area contributed by atoms with Crippen molar-refractivity contribution in [2.24, 2.45) is 0 Å². The standard InChI is InChI=1S/C15H20N2O2/c1-15(2,18-3)8-10-19-13-7-6-12(16)11-5-4-9-17-14(11)13/h4-7,9H,8,10,16H2,1-3H3. The largest absolute Gasteiger partial charge is 0.491 e.